The molecular weight excluding hydrogens is 344 g/mol. The predicted octanol–water partition coefficient (Wildman–Crippen LogP) is 3.70. The number of ether oxygens (including phenoxy) is 2. The molecule has 1 amide bonds. The molecule has 0 atom stereocenters. The number of hydrogen-bond acceptors (Lipinski definition) is 5. The molecule has 0 unspecified atom stereocenters. The van der Waals surface area contributed by atoms with Crippen LogP contribution in [0.4, 0.5) is 5.69 Å². The number of amides is 1. The van der Waals surface area contributed by atoms with E-state index in [4.69, 9.17) is 25.6 Å². The number of nitrogens with zero attached hydrogens (tertiary/aromatic N) is 2. The number of aromatic nitrogens is 1. The summed E-state index contributed by atoms with van der Waals surface area (Å²) >= 11 is 6.18. The third kappa shape index (κ3) is 3.25. The third-order valence-corrected chi connectivity index (χ3v) is 4.25. The van der Waals surface area contributed by atoms with Gasteiger partial charge in [-0.1, -0.05) is 28.9 Å². The topological polar surface area (TPSA) is 64.8 Å². The monoisotopic (exact) mass is 360 g/mol. The first-order valence-corrected chi connectivity index (χ1v) is 7.94. The first-order chi connectivity index (χ1) is 12.0. The van der Waals surface area contributed by atoms with Crippen LogP contribution in [0.25, 0.3) is 11.0 Å². The molecule has 0 saturated heterocycles. The highest BCUT2D eigenvalue weighted by Gasteiger charge is 2.20. The molecule has 3 rings (SSSR count). The van der Waals surface area contributed by atoms with E-state index in [2.05, 4.69) is 5.16 Å². The largest absolute Gasteiger partial charge is 0.495 e. The first kappa shape index (κ1) is 17.1. The van der Waals surface area contributed by atoms with Gasteiger partial charge in [0.1, 0.15) is 17.2 Å². The van der Waals surface area contributed by atoms with Gasteiger partial charge in [0, 0.05) is 18.5 Å². The molecule has 0 aliphatic heterocycles. The van der Waals surface area contributed by atoms with Crippen LogP contribution in [0, 0.1) is 0 Å². The Morgan fingerprint density at radius 1 is 1.20 bits per heavy atom. The van der Waals surface area contributed by atoms with E-state index in [9.17, 15) is 4.79 Å². The maximum absolute atomic E-state index is 12.7. The Labute approximate surface area is 149 Å². The number of halogens is 1. The fraction of sp³-hybridized carbons (Fsp3) is 0.222. The molecule has 2 aromatic carbocycles. The number of para-hydroxylation sites is 1. The second kappa shape index (κ2) is 7.03. The molecule has 0 N–H and O–H groups in total. The van der Waals surface area contributed by atoms with Crippen LogP contribution in [0.1, 0.15) is 5.69 Å². The number of carbonyl (C=O) groups excluding carboxylic acids is 1. The lowest BCUT2D eigenvalue weighted by atomic mass is 10.1. The summed E-state index contributed by atoms with van der Waals surface area (Å²) < 4.78 is 15.8. The smallest absolute Gasteiger partial charge is 0.233 e. The molecule has 25 heavy (non-hydrogen) atoms. The third-order valence-electron chi connectivity index (χ3n) is 3.96. The van der Waals surface area contributed by atoms with Gasteiger partial charge >= 0.3 is 0 Å². The number of methoxy groups -OCH3 is 2. The molecule has 0 radical (unpaired) electrons. The molecule has 6 nitrogen and oxygen atoms in total. The number of rotatable bonds is 5. The number of likely N-dealkylation sites (N-methyl/N-ethyl adjacent to an activating group) is 1. The van der Waals surface area contributed by atoms with Gasteiger partial charge in [-0.3, -0.25) is 4.79 Å². The average Bonchev–Trinajstić information content (AvgIpc) is 3.04. The molecule has 1 aromatic heterocycles. The second-order valence-electron chi connectivity index (χ2n) is 5.41. The van der Waals surface area contributed by atoms with Crippen molar-refractivity contribution < 1.29 is 18.8 Å². The van der Waals surface area contributed by atoms with Crippen molar-refractivity contribution in [2.45, 2.75) is 6.42 Å². The highest BCUT2D eigenvalue weighted by molar-refractivity contribution is 6.32. The summed E-state index contributed by atoms with van der Waals surface area (Å²) in [4.78, 5) is 14.2. The van der Waals surface area contributed by atoms with Crippen molar-refractivity contribution in [1.29, 1.82) is 0 Å². The summed E-state index contributed by atoms with van der Waals surface area (Å²) in [6.45, 7) is 0. The Morgan fingerprint density at radius 3 is 2.64 bits per heavy atom. The van der Waals surface area contributed by atoms with Crippen molar-refractivity contribution in [1.82, 2.24) is 5.16 Å². The van der Waals surface area contributed by atoms with Gasteiger partial charge in [-0.2, -0.15) is 0 Å². The van der Waals surface area contributed by atoms with E-state index < -0.39 is 0 Å². The quantitative estimate of drug-likeness (QED) is 0.694. The lowest BCUT2D eigenvalue weighted by molar-refractivity contribution is -0.117. The highest BCUT2D eigenvalue weighted by atomic mass is 35.5. The fourth-order valence-electron chi connectivity index (χ4n) is 2.57. The molecule has 0 fully saturated rings. The van der Waals surface area contributed by atoms with Crippen molar-refractivity contribution in [2.75, 3.05) is 26.2 Å². The SMILES string of the molecule is COc1cc(OC)c(N(C)C(=O)Cc2noc3ccccc23)cc1Cl. The summed E-state index contributed by atoms with van der Waals surface area (Å²) in [6, 6.07) is 10.7. The van der Waals surface area contributed by atoms with Crippen LogP contribution in [0.5, 0.6) is 11.5 Å². The minimum absolute atomic E-state index is 0.0975. The predicted molar refractivity (Wildman–Crippen MR) is 95.7 cm³/mol. The van der Waals surface area contributed by atoms with Gasteiger partial charge in [-0.15, -0.1) is 0 Å². The molecule has 0 spiro atoms. The highest BCUT2D eigenvalue weighted by Crippen LogP contribution is 2.37. The Kier molecular flexibility index (Phi) is 4.81. The maximum atomic E-state index is 12.7. The van der Waals surface area contributed by atoms with Crippen molar-refractivity contribution >= 4 is 34.2 Å². The Morgan fingerprint density at radius 2 is 1.92 bits per heavy atom. The number of benzene rings is 2. The zero-order valence-electron chi connectivity index (χ0n) is 14.1. The minimum atomic E-state index is -0.168. The van der Waals surface area contributed by atoms with Crippen molar-refractivity contribution in [3.63, 3.8) is 0 Å². The molecule has 0 aliphatic rings. The zero-order valence-corrected chi connectivity index (χ0v) is 14.8. The van der Waals surface area contributed by atoms with E-state index in [-0.39, 0.29) is 12.3 Å². The number of hydrogen-bond donors (Lipinski definition) is 0. The lowest BCUT2D eigenvalue weighted by Crippen LogP contribution is -2.28. The molecular formula is C18H17ClN2O4. The summed E-state index contributed by atoms with van der Waals surface area (Å²) in [5.74, 6) is 0.798. The van der Waals surface area contributed by atoms with Gasteiger partial charge in [0.2, 0.25) is 5.91 Å². The van der Waals surface area contributed by atoms with Crippen LogP contribution >= 0.6 is 11.6 Å². The van der Waals surface area contributed by atoms with Crippen LogP contribution in [-0.2, 0) is 11.2 Å². The zero-order chi connectivity index (χ0) is 18.0. The summed E-state index contributed by atoms with van der Waals surface area (Å²) in [6.07, 6.45) is 0.0975. The average molecular weight is 361 g/mol. The van der Waals surface area contributed by atoms with Crippen LogP contribution < -0.4 is 14.4 Å². The second-order valence-corrected chi connectivity index (χ2v) is 5.82. The number of fused-ring (bicyclic) bond motifs is 1. The van der Waals surface area contributed by atoms with E-state index in [1.54, 1.807) is 19.2 Å². The van der Waals surface area contributed by atoms with Crippen molar-refractivity contribution in [2.24, 2.45) is 0 Å². The van der Waals surface area contributed by atoms with Gasteiger partial charge in [-0.25, -0.2) is 0 Å². The summed E-state index contributed by atoms with van der Waals surface area (Å²) in [7, 11) is 4.70. The molecule has 0 saturated carbocycles. The van der Waals surface area contributed by atoms with E-state index in [1.165, 1.54) is 19.1 Å². The lowest BCUT2D eigenvalue weighted by Gasteiger charge is -2.21. The van der Waals surface area contributed by atoms with E-state index in [0.29, 0.717) is 33.5 Å². The van der Waals surface area contributed by atoms with Gasteiger partial charge in [0.15, 0.2) is 5.58 Å². The van der Waals surface area contributed by atoms with E-state index >= 15 is 0 Å². The van der Waals surface area contributed by atoms with Gasteiger partial charge in [0.05, 0.1) is 31.4 Å². The summed E-state index contributed by atoms with van der Waals surface area (Å²) in [5.41, 5.74) is 1.79. The van der Waals surface area contributed by atoms with Crippen LogP contribution in [0.2, 0.25) is 5.02 Å². The van der Waals surface area contributed by atoms with Crippen LogP contribution in [-0.4, -0.2) is 32.3 Å². The maximum Gasteiger partial charge on any atom is 0.233 e. The number of carbonyl (C=O) groups is 1. The molecule has 1 heterocycles. The molecule has 0 bridgehead atoms. The first-order valence-electron chi connectivity index (χ1n) is 7.56. The fourth-order valence-corrected chi connectivity index (χ4v) is 2.80. The molecule has 0 aliphatic carbocycles. The van der Waals surface area contributed by atoms with Crippen LogP contribution in [0.3, 0.4) is 0 Å². The Balaban J connectivity index is 1.89. The van der Waals surface area contributed by atoms with Gasteiger partial charge < -0.3 is 18.9 Å². The van der Waals surface area contributed by atoms with Crippen molar-refractivity contribution in [3.8, 4) is 11.5 Å². The van der Waals surface area contributed by atoms with E-state index in [0.717, 1.165) is 5.39 Å². The van der Waals surface area contributed by atoms with Gasteiger partial charge in [-0.05, 0) is 18.2 Å². The Bertz CT molecular complexity index is 923. The van der Waals surface area contributed by atoms with Crippen molar-refractivity contribution in [3.05, 3.63) is 47.1 Å². The summed E-state index contributed by atoms with van der Waals surface area (Å²) in [5, 5.41) is 5.22. The van der Waals surface area contributed by atoms with Crippen LogP contribution in [0.15, 0.2) is 40.9 Å². The molecule has 7 heteroatoms. The normalized spacial score (nSPS) is 10.7. The van der Waals surface area contributed by atoms with E-state index in [1.807, 2.05) is 24.3 Å². The number of anilines is 1. The van der Waals surface area contributed by atoms with Gasteiger partial charge in [0.25, 0.3) is 0 Å². The molecule has 3 aromatic rings. The Hall–Kier alpha value is -2.73. The molecule has 130 valence electrons. The standard InChI is InChI=1S/C18H17ClN2O4/c1-21(14-8-12(19)16(23-2)10-17(14)24-3)18(22)9-13-11-6-4-5-7-15(11)25-20-13/h4-8,10H,9H2,1-3H3. The minimum Gasteiger partial charge on any atom is -0.495 e.